The minimum atomic E-state index is -0.177. The summed E-state index contributed by atoms with van der Waals surface area (Å²) in [5.74, 6) is 1.15. The SMILES string of the molecule is COc1ccc(C(Br)CC2CCCC2)c(F)c1. The summed E-state index contributed by atoms with van der Waals surface area (Å²) >= 11 is 3.61. The van der Waals surface area contributed by atoms with Gasteiger partial charge in [0.1, 0.15) is 11.6 Å². The molecule has 94 valence electrons. The van der Waals surface area contributed by atoms with Crippen LogP contribution in [0, 0.1) is 11.7 Å². The van der Waals surface area contributed by atoms with Gasteiger partial charge >= 0.3 is 0 Å². The second-order valence-electron chi connectivity index (χ2n) is 4.74. The standard InChI is InChI=1S/C14H18BrFO/c1-17-11-6-7-12(14(16)9-11)13(15)8-10-4-2-3-5-10/h6-7,9-10,13H,2-5,8H2,1H3. The lowest BCUT2D eigenvalue weighted by molar-refractivity contribution is 0.410. The van der Waals surface area contributed by atoms with Gasteiger partial charge in [-0.2, -0.15) is 0 Å². The largest absolute Gasteiger partial charge is 0.497 e. The molecule has 0 radical (unpaired) electrons. The van der Waals surface area contributed by atoms with Crippen LogP contribution in [0.2, 0.25) is 0 Å². The Bertz CT molecular complexity index is 374. The molecule has 0 aromatic heterocycles. The first-order valence-electron chi connectivity index (χ1n) is 6.18. The van der Waals surface area contributed by atoms with E-state index in [0.717, 1.165) is 17.9 Å². The van der Waals surface area contributed by atoms with E-state index >= 15 is 0 Å². The molecule has 0 saturated heterocycles. The molecule has 0 aliphatic heterocycles. The molecule has 1 fully saturated rings. The van der Waals surface area contributed by atoms with Gasteiger partial charge in [-0.1, -0.05) is 47.7 Å². The zero-order chi connectivity index (χ0) is 12.3. The Kier molecular flexibility index (Phi) is 4.43. The van der Waals surface area contributed by atoms with Crippen molar-refractivity contribution in [3.8, 4) is 5.75 Å². The van der Waals surface area contributed by atoms with Crippen LogP contribution in [0.3, 0.4) is 0 Å². The fourth-order valence-electron chi connectivity index (χ4n) is 2.55. The van der Waals surface area contributed by atoms with E-state index in [2.05, 4.69) is 15.9 Å². The van der Waals surface area contributed by atoms with Gasteiger partial charge in [0, 0.05) is 16.5 Å². The van der Waals surface area contributed by atoms with Gasteiger partial charge < -0.3 is 4.74 Å². The topological polar surface area (TPSA) is 9.23 Å². The molecule has 1 aromatic carbocycles. The number of alkyl halides is 1. The molecule has 0 amide bonds. The molecule has 1 aliphatic carbocycles. The van der Waals surface area contributed by atoms with Crippen LogP contribution in [0.15, 0.2) is 18.2 Å². The van der Waals surface area contributed by atoms with Crippen molar-refractivity contribution in [3.63, 3.8) is 0 Å². The third-order valence-corrected chi connectivity index (χ3v) is 4.43. The fourth-order valence-corrected chi connectivity index (χ4v) is 3.45. The van der Waals surface area contributed by atoms with E-state index in [4.69, 9.17) is 4.74 Å². The Hall–Kier alpha value is -0.570. The van der Waals surface area contributed by atoms with Gasteiger partial charge in [-0.15, -0.1) is 0 Å². The second kappa shape index (κ2) is 5.85. The lowest BCUT2D eigenvalue weighted by atomic mass is 9.98. The van der Waals surface area contributed by atoms with Crippen molar-refractivity contribution in [1.82, 2.24) is 0 Å². The van der Waals surface area contributed by atoms with Crippen molar-refractivity contribution >= 4 is 15.9 Å². The van der Waals surface area contributed by atoms with Crippen LogP contribution >= 0.6 is 15.9 Å². The van der Waals surface area contributed by atoms with Gasteiger partial charge in [0.25, 0.3) is 0 Å². The lowest BCUT2D eigenvalue weighted by Crippen LogP contribution is -2.01. The predicted octanol–water partition coefficient (Wildman–Crippen LogP) is 4.85. The average Bonchev–Trinajstić information content (AvgIpc) is 2.81. The Morgan fingerprint density at radius 3 is 2.71 bits per heavy atom. The summed E-state index contributed by atoms with van der Waals surface area (Å²) < 4.78 is 18.9. The van der Waals surface area contributed by atoms with Gasteiger partial charge in [0.05, 0.1) is 7.11 Å². The third kappa shape index (κ3) is 3.21. The summed E-state index contributed by atoms with van der Waals surface area (Å²) in [6, 6.07) is 5.10. The van der Waals surface area contributed by atoms with Crippen molar-refractivity contribution in [1.29, 1.82) is 0 Å². The average molecular weight is 301 g/mol. The molecule has 0 N–H and O–H groups in total. The van der Waals surface area contributed by atoms with Crippen molar-refractivity contribution in [2.75, 3.05) is 7.11 Å². The van der Waals surface area contributed by atoms with Crippen LogP contribution in [0.5, 0.6) is 5.75 Å². The van der Waals surface area contributed by atoms with Crippen LogP contribution < -0.4 is 4.74 Å². The number of benzene rings is 1. The quantitative estimate of drug-likeness (QED) is 0.722. The first-order chi connectivity index (χ1) is 8.20. The van der Waals surface area contributed by atoms with Gasteiger partial charge in [-0.25, -0.2) is 4.39 Å². The van der Waals surface area contributed by atoms with Gasteiger partial charge in [0.2, 0.25) is 0 Å². The number of halogens is 2. The summed E-state index contributed by atoms with van der Waals surface area (Å²) in [6.07, 6.45) is 6.27. The van der Waals surface area contributed by atoms with Crippen LogP contribution in [-0.4, -0.2) is 7.11 Å². The number of rotatable bonds is 4. The van der Waals surface area contributed by atoms with Crippen LogP contribution in [0.1, 0.15) is 42.5 Å². The molecule has 1 nitrogen and oxygen atoms in total. The zero-order valence-electron chi connectivity index (χ0n) is 10.1. The highest BCUT2D eigenvalue weighted by atomic mass is 79.9. The molecule has 1 aromatic rings. The Morgan fingerprint density at radius 1 is 1.41 bits per heavy atom. The monoisotopic (exact) mass is 300 g/mol. The fraction of sp³-hybridized carbons (Fsp3) is 0.571. The van der Waals surface area contributed by atoms with E-state index in [1.165, 1.54) is 31.7 Å². The van der Waals surface area contributed by atoms with Crippen molar-refractivity contribution < 1.29 is 9.13 Å². The molecule has 3 heteroatoms. The maximum Gasteiger partial charge on any atom is 0.131 e. The third-order valence-electron chi connectivity index (χ3n) is 3.56. The van der Waals surface area contributed by atoms with Crippen LogP contribution in [0.25, 0.3) is 0 Å². The zero-order valence-corrected chi connectivity index (χ0v) is 11.7. The normalized spacial score (nSPS) is 18.3. The first kappa shape index (κ1) is 12.9. The highest BCUT2D eigenvalue weighted by Crippen LogP contribution is 2.38. The second-order valence-corrected chi connectivity index (χ2v) is 5.85. The highest BCUT2D eigenvalue weighted by Gasteiger charge is 2.21. The molecular weight excluding hydrogens is 283 g/mol. The molecule has 0 spiro atoms. The molecule has 0 heterocycles. The van der Waals surface area contributed by atoms with E-state index in [0.29, 0.717) is 5.75 Å². The minimum absolute atomic E-state index is 0.122. The number of methoxy groups -OCH3 is 1. The lowest BCUT2D eigenvalue weighted by Gasteiger charge is -2.16. The van der Waals surface area contributed by atoms with Crippen LogP contribution in [0.4, 0.5) is 4.39 Å². The predicted molar refractivity (Wildman–Crippen MR) is 71.2 cm³/mol. The molecule has 1 unspecified atom stereocenters. The van der Waals surface area contributed by atoms with Gasteiger partial charge in [0.15, 0.2) is 0 Å². The Morgan fingerprint density at radius 2 is 2.12 bits per heavy atom. The summed E-state index contributed by atoms with van der Waals surface area (Å²) in [5, 5.41) is 0. The van der Waals surface area contributed by atoms with E-state index in [1.54, 1.807) is 7.11 Å². The van der Waals surface area contributed by atoms with Crippen LogP contribution in [-0.2, 0) is 0 Å². The first-order valence-corrected chi connectivity index (χ1v) is 7.09. The van der Waals surface area contributed by atoms with E-state index in [-0.39, 0.29) is 10.6 Å². The summed E-state index contributed by atoms with van der Waals surface area (Å²) in [4.78, 5) is 0.122. The molecular formula is C14H18BrFO. The maximum atomic E-state index is 13.9. The summed E-state index contributed by atoms with van der Waals surface area (Å²) in [7, 11) is 1.55. The van der Waals surface area contributed by atoms with E-state index in [9.17, 15) is 4.39 Å². The molecule has 0 bridgehead atoms. The van der Waals surface area contributed by atoms with Crippen molar-refractivity contribution in [2.24, 2.45) is 5.92 Å². The Labute approximate surface area is 110 Å². The van der Waals surface area contributed by atoms with E-state index in [1.807, 2.05) is 12.1 Å². The summed E-state index contributed by atoms with van der Waals surface area (Å²) in [5.41, 5.74) is 0.748. The van der Waals surface area contributed by atoms with Gasteiger partial charge in [-0.3, -0.25) is 0 Å². The van der Waals surface area contributed by atoms with Gasteiger partial charge in [-0.05, 0) is 18.4 Å². The smallest absolute Gasteiger partial charge is 0.131 e. The molecule has 1 atom stereocenters. The number of ether oxygens (including phenoxy) is 1. The maximum absolute atomic E-state index is 13.9. The molecule has 1 aliphatic rings. The Balaban J connectivity index is 2.04. The number of hydrogen-bond donors (Lipinski definition) is 0. The molecule has 1 saturated carbocycles. The van der Waals surface area contributed by atoms with Crippen molar-refractivity contribution in [2.45, 2.75) is 36.9 Å². The minimum Gasteiger partial charge on any atom is -0.497 e. The summed E-state index contributed by atoms with van der Waals surface area (Å²) in [6.45, 7) is 0. The molecule has 2 rings (SSSR count). The van der Waals surface area contributed by atoms with Crippen molar-refractivity contribution in [3.05, 3.63) is 29.6 Å². The number of hydrogen-bond acceptors (Lipinski definition) is 1. The highest BCUT2D eigenvalue weighted by molar-refractivity contribution is 9.09. The molecule has 17 heavy (non-hydrogen) atoms. The van der Waals surface area contributed by atoms with E-state index < -0.39 is 0 Å².